The summed E-state index contributed by atoms with van der Waals surface area (Å²) >= 11 is 0. The molecule has 1 atom stereocenters. The molecule has 0 unspecified atom stereocenters. The summed E-state index contributed by atoms with van der Waals surface area (Å²) in [6.07, 6.45) is 0. The summed E-state index contributed by atoms with van der Waals surface area (Å²) < 4.78 is 2.41. The number of aromatic hydroxyl groups is 1. The third-order valence-electron chi connectivity index (χ3n) is 5.68. The number of aromatic nitrogens is 2. The third kappa shape index (κ3) is 2.21. The SMILES string of the molecule is Cn1c2c(c(=O)n(C)c1=O)[C@H](c1cccc(O)c1)C1=C(N2)c2ccccc2C1=O. The molecule has 1 aliphatic carbocycles. The van der Waals surface area contributed by atoms with Crippen molar-refractivity contribution in [2.45, 2.75) is 5.92 Å². The largest absolute Gasteiger partial charge is 0.508 e. The van der Waals surface area contributed by atoms with Gasteiger partial charge in [-0.05, 0) is 17.7 Å². The normalized spacial score (nSPS) is 16.9. The van der Waals surface area contributed by atoms with Crippen molar-refractivity contribution in [3.05, 3.63) is 97.2 Å². The minimum absolute atomic E-state index is 0.0364. The molecule has 0 fully saturated rings. The van der Waals surface area contributed by atoms with Crippen LogP contribution < -0.4 is 16.6 Å². The van der Waals surface area contributed by atoms with Gasteiger partial charge in [0.15, 0.2) is 5.78 Å². The van der Waals surface area contributed by atoms with Crippen LogP contribution in [0.5, 0.6) is 5.75 Å². The Morgan fingerprint density at radius 1 is 0.931 bits per heavy atom. The van der Waals surface area contributed by atoms with Gasteiger partial charge < -0.3 is 10.4 Å². The second-order valence-corrected chi connectivity index (χ2v) is 7.28. The molecule has 3 aromatic rings. The lowest BCUT2D eigenvalue weighted by Gasteiger charge is -2.29. The average molecular weight is 387 g/mol. The van der Waals surface area contributed by atoms with Crippen molar-refractivity contribution in [3.8, 4) is 5.75 Å². The standard InChI is InChI=1S/C22H17N3O4/c1-24-20-17(21(28)25(2)22(24)29)15(11-6-5-7-12(26)10-11)16-18(23-20)13-8-3-4-9-14(13)19(16)27/h3-10,15,23,26H,1-2H3/t15-/m1/s1. The van der Waals surface area contributed by atoms with E-state index < -0.39 is 17.2 Å². The molecule has 29 heavy (non-hydrogen) atoms. The molecule has 2 heterocycles. The van der Waals surface area contributed by atoms with Crippen molar-refractivity contribution < 1.29 is 9.90 Å². The summed E-state index contributed by atoms with van der Waals surface area (Å²) in [5, 5.41) is 13.2. The van der Waals surface area contributed by atoms with Gasteiger partial charge in [0, 0.05) is 36.7 Å². The van der Waals surface area contributed by atoms with Crippen molar-refractivity contribution >= 4 is 17.3 Å². The van der Waals surface area contributed by atoms with E-state index in [-0.39, 0.29) is 11.5 Å². The molecule has 2 aliphatic rings. The number of phenols is 1. The van der Waals surface area contributed by atoms with Crippen molar-refractivity contribution in [3.63, 3.8) is 0 Å². The summed E-state index contributed by atoms with van der Waals surface area (Å²) in [6, 6.07) is 13.7. The van der Waals surface area contributed by atoms with Crippen molar-refractivity contribution in [1.82, 2.24) is 9.13 Å². The highest BCUT2D eigenvalue weighted by Crippen LogP contribution is 2.48. The Morgan fingerprint density at radius 2 is 1.66 bits per heavy atom. The minimum Gasteiger partial charge on any atom is -0.508 e. The highest BCUT2D eigenvalue weighted by molar-refractivity contribution is 6.23. The molecular formula is C22H17N3O4. The highest BCUT2D eigenvalue weighted by atomic mass is 16.3. The van der Waals surface area contributed by atoms with Gasteiger partial charge in [-0.2, -0.15) is 0 Å². The van der Waals surface area contributed by atoms with Crippen LogP contribution in [0.25, 0.3) is 5.70 Å². The number of nitrogens with zero attached hydrogens (tertiary/aromatic N) is 2. The number of hydrogen-bond acceptors (Lipinski definition) is 5. The fourth-order valence-corrected chi connectivity index (χ4v) is 4.29. The fourth-order valence-electron chi connectivity index (χ4n) is 4.29. The Labute approximate surface area is 165 Å². The molecule has 0 amide bonds. The monoisotopic (exact) mass is 387 g/mol. The van der Waals surface area contributed by atoms with Gasteiger partial charge in [-0.1, -0.05) is 36.4 Å². The number of anilines is 1. The molecule has 0 saturated carbocycles. The second kappa shape index (κ2) is 5.81. The second-order valence-electron chi connectivity index (χ2n) is 7.28. The molecule has 7 nitrogen and oxygen atoms in total. The van der Waals surface area contributed by atoms with Crippen LogP contribution in [-0.2, 0) is 14.1 Å². The Hall–Kier alpha value is -3.87. The van der Waals surface area contributed by atoms with E-state index in [0.717, 1.165) is 10.1 Å². The van der Waals surface area contributed by atoms with E-state index >= 15 is 0 Å². The Bertz CT molecular complexity index is 1380. The summed E-state index contributed by atoms with van der Waals surface area (Å²) in [5.41, 5.74) is 2.30. The molecule has 0 bridgehead atoms. The van der Waals surface area contributed by atoms with Crippen molar-refractivity contribution in [2.75, 3.05) is 5.32 Å². The summed E-state index contributed by atoms with van der Waals surface area (Å²) in [6.45, 7) is 0. The number of carbonyl (C=O) groups is 1. The van der Waals surface area contributed by atoms with Gasteiger partial charge in [-0.3, -0.25) is 18.7 Å². The minimum atomic E-state index is -0.709. The molecular weight excluding hydrogens is 370 g/mol. The van der Waals surface area contributed by atoms with Crippen LogP contribution in [0.1, 0.15) is 33.0 Å². The summed E-state index contributed by atoms with van der Waals surface area (Å²) in [4.78, 5) is 39.0. The van der Waals surface area contributed by atoms with Gasteiger partial charge in [0.05, 0.1) is 11.3 Å². The maximum Gasteiger partial charge on any atom is 0.332 e. The first-order chi connectivity index (χ1) is 13.9. The Kier molecular flexibility index (Phi) is 3.46. The lowest BCUT2D eigenvalue weighted by Crippen LogP contribution is -2.42. The zero-order valence-corrected chi connectivity index (χ0v) is 15.8. The lowest BCUT2D eigenvalue weighted by molar-refractivity contribution is 0.103. The first-order valence-electron chi connectivity index (χ1n) is 9.14. The zero-order valence-electron chi connectivity index (χ0n) is 15.8. The number of benzene rings is 2. The molecule has 2 aromatic carbocycles. The molecule has 1 aliphatic heterocycles. The van der Waals surface area contributed by atoms with Crippen LogP contribution in [0.15, 0.2) is 63.7 Å². The number of Topliss-reactive ketones (excluding diaryl/α,β-unsaturated/α-hetero) is 1. The van der Waals surface area contributed by atoms with E-state index in [1.807, 2.05) is 12.1 Å². The number of ketones is 1. The Balaban J connectivity index is 1.90. The van der Waals surface area contributed by atoms with E-state index in [1.54, 1.807) is 37.4 Å². The Morgan fingerprint density at radius 3 is 2.38 bits per heavy atom. The maximum atomic E-state index is 13.3. The number of nitrogens with one attached hydrogen (secondary N) is 1. The van der Waals surface area contributed by atoms with Gasteiger partial charge in [0.2, 0.25) is 0 Å². The molecule has 5 rings (SSSR count). The van der Waals surface area contributed by atoms with Gasteiger partial charge in [-0.25, -0.2) is 4.79 Å². The quantitative estimate of drug-likeness (QED) is 0.666. The van der Waals surface area contributed by atoms with E-state index in [1.165, 1.54) is 17.7 Å². The zero-order chi connectivity index (χ0) is 20.4. The summed E-state index contributed by atoms with van der Waals surface area (Å²) in [5.74, 6) is -0.485. The average Bonchev–Trinajstić information content (AvgIpc) is 3.01. The third-order valence-corrected chi connectivity index (χ3v) is 5.68. The molecule has 0 radical (unpaired) electrons. The van der Waals surface area contributed by atoms with Crippen LogP contribution in [0.2, 0.25) is 0 Å². The predicted molar refractivity (Wildman–Crippen MR) is 108 cm³/mol. The molecule has 2 N–H and O–H groups in total. The van der Waals surface area contributed by atoms with E-state index in [9.17, 15) is 19.5 Å². The van der Waals surface area contributed by atoms with Crippen LogP contribution in [0.3, 0.4) is 0 Å². The molecule has 0 spiro atoms. The first kappa shape index (κ1) is 17.2. The smallest absolute Gasteiger partial charge is 0.332 e. The van der Waals surface area contributed by atoms with Crippen LogP contribution in [0.4, 0.5) is 5.82 Å². The van der Waals surface area contributed by atoms with Crippen LogP contribution >= 0.6 is 0 Å². The van der Waals surface area contributed by atoms with Gasteiger partial charge >= 0.3 is 5.69 Å². The number of hydrogen-bond donors (Lipinski definition) is 2. The van der Waals surface area contributed by atoms with Gasteiger partial charge in [0.1, 0.15) is 11.6 Å². The topological polar surface area (TPSA) is 93.3 Å². The maximum absolute atomic E-state index is 13.3. The van der Waals surface area contributed by atoms with E-state index in [4.69, 9.17) is 0 Å². The number of phenolic OH excluding ortho intramolecular Hbond substituents is 1. The summed E-state index contributed by atoms with van der Waals surface area (Å²) in [7, 11) is 3.00. The van der Waals surface area contributed by atoms with Gasteiger partial charge in [0.25, 0.3) is 5.56 Å². The number of allylic oxidation sites excluding steroid dienone is 1. The molecule has 144 valence electrons. The number of rotatable bonds is 1. The molecule has 0 saturated heterocycles. The fraction of sp³-hybridized carbons (Fsp3) is 0.136. The van der Waals surface area contributed by atoms with Crippen molar-refractivity contribution in [2.24, 2.45) is 14.1 Å². The van der Waals surface area contributed by atoms with E-state index in [0.29, 0.717) is 33.8 Å². The predicted octanol–water partition coefficient (Wildman–Crippen LogP) is 1.95. The molecule has 1 aromatic heterocycles. The number of fused-ring (bicyclic) bond motifs is 3. The molecule has 7 heteroatoms. The lowest BCUT2D eigenvalue weighted by atomic mass is 9.81. The van der Waals surface area contributed by atoms with Crippen molar-refractivity contribution in [1.29, 1.82) is 0 Å². The van der Waals surface area contributed by atoms with E-state index in [2.05, 4.69) is 5.32 Å². The van der Waals surface area contributed by atoms with Crippen LogP contribution in [-0.4, -0.2) is 20.0 Å². The van der Waals surface area contributed by atoms with Gasteiger partial charge in [-0.15, -0.1) is 0 Å². The highest BCUT2D eigenvalue weighted by Gasteiger charge is 2.42. The number of carbonyl (C=O) groups excluding carboxylic acids is 1. The van der Waals surface area contributed by atoms with Crippen LogP contribution in [0, 0.1) is 0 Å². The first-order valence-corrected chi connectivity index (χ1v) is 9.14.